The average Bonchev–Trinajstić information content (AvgIpc) is 2.73. The molecule has 1 unspecified atom stereocenters. The second-order valence-electron chi connectivity index (χ2n) is 5.71. The van der Waals surface area contributed by atoms with Gasteiger partial charge in [-0.3, -0.25) is 13.9 Å². The van der Waals surface area contributed by atoms with E-state index < -0.39 is 0 Å². The minimum atomic E-state index is -0.193. The fourth-order valence-electron chi connectivity index (χ4n) is 3.08. The summed E-state index contributed by atoms with van der Waals surface area (Å²) in [5.74, 6) is 0.0145. The Hall–Kier alpha value is -2.11. The van der Waals surface area contributed by atoms with E-state index in [2.05, 4.69) is 11.9 Å². The van der Waals surface area contributed by atoms with Gasteiger partial charge >= 0.3 is 5.69 Å². The third kappa shape index (κ3) is 2.34. The topological polar surface area (TPSA) is 60.1 Å². The van der Waals surface area contributed by atoms with Crippen LogP contribution in [0.1, 0.15) is 26.2 Å². The monoisotopic (exact) mass is 288 g/mol. The zero-order valence-corrected chi connectivity index (χ0v) is 12.5. The van der Waals surface area contributed by atoms with Crippen LogP contribution < -0.4 is 5.69 Å². The smallest absolute Gasteiger partial charge is 0.330 e. The van der Waals surface area contributed by atoms with Crippen LogP contribution in [0.2, 0.25) is 0 Å². The van der Waals surface area contributed by atoms with Gasteiger partial charge in [-0.2, -0.15) is 0 Å². The van der Waals surface area contributed by atoms with E-state index in [0.29, 0.717) is 11.2 Å². The molecule has 0 aromatic carbocycles. The summed E-state index contributed by atoms with van der Waals surface area (Å²) >= 11 is 0. The Bertz CT molecular complexity index is 731. The molecule has 0 aliphatic carbocycles. The van der Waals surface area contributed by atoms with Crippen LogP contribution in [0.4, 0.5) is 0 Å². The van der Waals surface area contributed by atoms with Gasteiger partial charge in [-0.1, -0.05) is 0 Å². The van der Waals surface area contributed by atoms with Crippen LogP contribution in [-0.2, 0) is 18.4 Å². The Morgan fingerprint density at radius 2 is 2.24 bits per heavy atom. The zero-order chi connectivity index (χ0) is 15.0. The highest BCUT2D eigenvalue weighted by molar-refractivity contribution is 5.79. The minimum absolute atomic E-state index is 0.0145. The predicted molar refractivity (Wildman–Crippen MR) is 80.0 cm³/mol. The summed E-state index contributed by atoms with van der Waals surface area (Å²) < 4.78 is 3.01. The number of carbonyl (C=O) groups is 1. The van der Waals surface area contributed by atoms with Crippen molar-refractivity contribution in [3.63, 3.8) is 0 Å². The van der Waals surface area contributed by atoms with Gasteiger partial charge in [-0.15, -0.1) is 0 Å². The van der Waals surface area contributed by atoms with Crippen molar-refractivity contribution in [2.45, 2.75) is 38.8 Å². The molecule has 1 saturated heterocycles. The average molecular weight is 288 g/mol. The molecule has 2 aromatic heterocycles. The number of hydrogen-bond donors (Lipinski definition) is 0. The molecule has 6 heteroatoms. The van der Waals surface area contributed by atoms with Gasteiger partial charge in [0.25, 0.3) is 0 Å². The Morgan fingerprint density at radius 3 is 3.00 bits per heavy atom. The molecule has 6 nitrogen and oxygen atoms in total. The number of fused-ring (bicyclic) bond motifs is 1. The summed E-state index contributed by atoms with van der Waals surface area (Å²) in [6.45, 7) is 2.95. The van der Waals surface area contributed by atoms with Gasteiger partial charge in [0.2, 0.25) is 5.91 Å². The van der Waals surface area contributed by atoms with Gasteiger partial charge in [0.1, 0.15) is 6.54 Å². The summed E-state index contributed by atoms with van der Waals surface area (Å²) in [4.78, 5) is 30.9. The highest BCUT2D eigenvalue weighted by atomic mass is 16.2. The number of hydrogen-bond acceptors (Lipinski definition) is 3. The summed E-state index contributed by atoms with van der Waals surface area (Å²) in [7, 11) is 1.68. The summed E-state index contributed by atoms with van der Waals surface area (Å²) in [5.41, 5.74) is 1.13. The predicted octanol–water partition coefficient (Wildman–Crippen LogP) is 1.14. The number of aryl methyl sites for hydroxylation is 1. The zero-order valence-electron chi connectivity index (χ0n) is 12.5. The molecular weight excluding hydrogens is 268 g/mol. The van der Waals surface area contributed by atoms with E-state index in [1.54, 1.807) is 19.3 Å². The lowest BCUT2D eigenvalue weighted by Gasteiger charge is -2.33. The maximum atomic E-state index is 12.5. The molecule has 1 amide bonds. The van der Waals surface area contributed by atoms with Gasteiger partial charge in [-0.05, 0) is 38.3 Å². The van der Waals surface area contributed by atoms with Crippen molar-refractivity contribution in [3.8, 4) is 0 Å². The quantitative estimate of drug-likeness (QED) is 0.832. The lowest BCUT2D eigenvalue weighted by molar-refractivity contribution is -0.135. The highest BCUT2D eigenvalue weighted by Gasteiger charge is 2.24. The SMILES string of the molecule is CC1CCCCN1C(=O)Cn1c(=O)n(C)c2ncccc21. The van der Waals surface area contributed by atoms with E-state index in [4.69, 9.17) is 0 Å². The molecular formula is C15H20N4O2. The largest absolute Gasteiger partial charge is 0.338 e. The van der Waals surface area contributed by atoms with E-state index in [1.165, 1.54) is 15.6 Å². The van der Waals surface area contributed by atoms with Gasteiger partial charge in [0, 0.05) is 25.8 Å². The molecule has 2 aromatic rings. The van der Waals surface area contributed by atoms with Crippen molar-refractivity contribution in [2.24, 2.45) is 7.05 Å². The fraction of sp³-hybridized carbons (Fsp3) is 0.533. The lowest BCUT2D eigenvalue weighted by atomic mass is 10.0. The van der Waals surface area contributed by atoms with Gasteiger partial charge in [0.05, 0.1) is 5.52 Å². The number of carbonyl (C=O) groups excluding carboxylic acids is 1. The Balaban J connectivity index is 1.93. The van der Waals surface area contributed by atoms with Crippen molar-refractivity contribution in [2.75, 3.05) is 6.54 Å². The first-order valence-corrected chi connectivity index (χ1v) is 7.39. The molecule has 3 rings (SSSR count). The highest BCUT2D eigenvalue weighted by Crippen LogP contribution is 2.17. The summed E-state index contributed by atoms with van der Waals surface area (Å²) in [6, 6.07) is 3.87. The number of likely N-dealkylation sites (tertiary alicyclic amines) is 1. The first-order chi connectivity index (χ1) is 10.1. The lowest BCUT2D eigenvalue weighted by Crippen LogP contribution is -2.44. The van der Waals surface area contributed by atoms with Crippen molar-refractivity contribution >= 4 is 17.1 Å². The molecule has 0 saturated carbocycles. The van der Waals surface area contributed by atoms with Gasteiger partial charge in [0.15, 0.2) is 5.65 Å². The molecule has 1 fully saturated rings. The number of imidazole rings is 1. The number of pyridine rings is 1. The molecule has 0 bridgehead atoms. The van der Waals surface area contributed by atoms with E-state index in [0.717, 1.165) is 19.4 Å². The number of aromatic nitrogens is 3. The van der Waals surface area contributed by atoms with Crippen molar-refractivity contribution in [3.05, 3.63) is 28.8 Å². The van der Waals surface area contributed by atoms with Crippen molar-refractivity contribution in [1.82, 2.24) is 19.0 Å². The second kappa shape index (κ2) is 5.35. The molecule has 0 radical (unpaired) electrons. The number of piperidine rings is 1. The van der Waals surface area contributed by atoms with Crippen LogP contribution in [-0.4, -0.2) is 37.5 Å². The van der Waals surface area contributed by atoms with E-state index in [9.17, 15) is 9.59 Å². The van der Waals surface area contributed by atoms with Crippen LogP contribution >= 0.6 is 0 Å². The standard InChI is InChI=1S/C15H20N4O2/c1-11-6-3-4-9-18(11)13(20)10-19-12-7-5-8-16-14(12)17(2)15(19)21/h5,7-8,11H,3-4,6,9-10H2,1-2H3. The van der Waals surface area contributed by atoms with Crippen LogP contribution in [0.3, 0.4) is 0 Å². The molecule has 0 N–H and O–H groups in total. The van der Waals surface area contributed by atoms with E-state index >= 15 is 0 Å². The number of amides is 1. The number of rotatable bonds is 2. The maximum absolute atomic E-state index is 12.5. The first kappa shape index (κ1) is 13.9. The third-order valence-electron chi connectivity index (χ3n) is 4.31. The first-order valence-electron chi connectivity index (χ1n) is 7.39. The van der Waals surface area contributed by atoms with E-state index in [1.807, 2.05) is 11.0 Å². The van der Waals surface area contributed by atoms with Crippen molar-refractivity contribution < 1.29 is 4.79 Å². The second-order valence-corrected chi connectivity index (χ2v) is 5.71. The Labute approximate surface area is 123 Å². The van der Waals surface area contributed by atoms with Crippen LogP contribution in [0.5, 0.6) is 0 Å². The summed E-state index contributed by atoms with van der Waals surface area (Å²) in [5, 5.41) is 0. The molecule has 3 heterocycles. The molecule has 21 heavy (non-hydrogen) atoms. The summed E-state index contributed by atoms with van der Waals surface area (Å²) in [6.07, 6.45) is 4.91. The van der Waals surface area contributed by atoms with Crippen LogP contribution in [0.15, 0.2) is 23.1 Å². The molecule has 0 spiro atoms. The normalized spacial score (nSPS) is 19.1. The van der Waals surface area contributed by atoms with Gasteiger partial charge in [-0.25, -0.2) is 9.78 Å². The maximum Gasteiger partial charge on any atom is 0.330 e. The molecule has 112 valence electrons. The Kier molecular flexibility index (Phi) is 3.53. The van der Waals surface area contributed by atoms with Crippen LogP contribution in [0, 0.1) is 0 Å². The minimum Gasteiger partial charge on any atom is -0.338 e. The molecule has 1 atom stereocenters. The Morgan fingerprint density at radius 1 is 1.43 bits per heavy atom. The molecule has 1 aliphatic rings. The molecule has 1 aliphatic heterocycles. The van der Waals surface area contributed by atoms with Crippen LogP contribution in [0.25, 0.3) is 11.2 Å². The number of nitrogens with zero attached hydrogens (tertiary/aromatic N) is 4. The third-order valence-corrected chi connectivity index (χ3v) is 4.31. The van der Waals surface area contributed by atoms with Gasteiger partial charge < -0.3 is 4.90 Å². The van der Waals surface area contributed by atoms with E-state index in [-0.39, 0.29) is 24.2 Å². The van der Waals surface area contributed by atoms with Crippen molar-refractivity contribution in [1.29, 1.82) is 0 Å². The fourth-order valence-corrected chi connectivity index (χ4v) is 3.08.